The fraction of sp³-hybridized carbons (Fsp3) is 0.558. The van der Waals surface area contributed by atoms with Crippen molar-refractivity contribution >= 4 is 35.6 Å². The largest absolute Gasteiger partial charge is 0.508 e. The highest BCUT2D eigenvalue weighted by atomic mass is 28.3. The molecule has 3 saturated heterocycles. The van der Waals surface area contributed by atoms with Gasteiger partial charge in [0.05, 0.1) is 17.1 Å². The van der Waals surface area contributed by atoms with E-state index in [0.29, 0.717) is 64.7 Å². The zero-order chi connectivity index (χ0) is 38.8. The second-order valence-electron chi connectivity index (χ2n) is 17.2. The van der Waals surface area contributed by atoms with Crippen LogP contribution in [0.1, 0.15) is 92.1 Å². The fourth-order valence-corrected chi connectivity index (χ4v) is 15.7. The van der Waals surface area contributed by atoms with Crippen molar-refractivity contribution in [3.63, 3.8) is 0 Å². The van der Waals surface area contributed by atoms with Gasteiger partial charge in [0.2, 0.25) is 5.88 Å². The number of phenols is 1. The molecule has 0 aliphatic carbocycles. The molecule has 0 spiro atoms. The van der Waals surface area contributed by atoms with Gasteiger partial charge in [-0.05, 0) is 72.4 Å². The van der Waals surface area contributed by atoms with Gasteiger partial charge in [0.1, 0.15) is 61.4 Å². The van der Waals surface area contributed by atoms with Gasteiger partial charge < -0.3 is 19.5 Å². The van der Waals surface area contributed by atoms with Crippen LogP contribution in [0.2, 0.25) is 16.6 Å². The molecule has 6 heterocycles. The summed E-state index contributed by atoms with van der Waals surface area (Å²) in [6.07, 6.45) is 5.12. The number of pyridine rings is 1. The first-order valence-corrected chi connectivity index (χ1v) is 22.4. The molecular formula is C43H52F3N5O3Si. The summed E-state index contributed by atoms with van der Waals surface area (Å²) >= 11 is 0. The summed E-state index contributed by atoms with van der Waals surface area (Å²) in [4.78, 5) is 18.8. The minimum absolute atomic E-state index is 0.00801. The van der Waals surface area contributed by atoms with Gasteiger partial charge in [-0.25, -0.2) is 18.2 Å². The number of hydrogen-bond acceptors (Lipinski definition) is 8. The summed E-state index contributed by atoms with van der Waals surface area (Å²) in [7, 11) is -2.30. The molecule has 0 radical (unpaired) electrons. The van der Waals surface area contributed by atoms with Gasteiger partial charge in [-0.15, -0.1) is 5.54 Å². The highest BCUT2D eigenvalue weighted by Crippen LogP contribution is 2.46. The average Bonchev–Trinajstić information content (AvgIpc) is 3.49. The number of benzene rings is 2. The molecule has 3 fully saturated rings. The quantitative estimate of drug-likeness (QED) is 0.147. The minimum Gasteiger partial charge on any atom is -0.508 e. The van der Waals surface area contributed by atoms with Crippen molar-refractivity contribution < 1.29 is 27.8 Å². The molecule has 0 saturated carbocycles. The van der Waals surface area contributed by atoms with E-state index in [1.807, 2.05) is 0 Å². The molecule has 4 aliphatic rings. The van der Waals surface area contributed by atoms with Crippen LogP contribution in [0.4, 0.5) is 19.0 Å². The van der Waals surface area contributed by atoms with Crippen molar-refractivity contribution in [3.05, 3.63) is 41.5 Å². The third-order valence-corrected chi connectivity index (χ3v) is 19.4. The van der Waals surface area contributed by atoms with E-state index in [1.54, 1.807) is 6.07 Å². The van der Waals surface area contributed by atoms with Crippen LogP contribution in [-0.2, 0) is 0 Å². The Morgan fingerprint density at radius 3 is 2.53 bits per heavy atom. The van der Waals surface area contributed by atoms with Gasteiger partial charge in [0.25, 0.3) is 0 Å². The number of aromatic hydroxyl groups is 1. The van der Waals surface area contributed by atoms with Crippen LogP contribution in [-0.4, -0.2) is 83.6 Å². The van der Waals surface area contributed by atoms with Crippen molar-refractivity contribution in [2.24, 2.45) is 0 Å². The number of nitrogens with zero attached hydrogens (tertiary/aromatic N) is 5. The number of phenolic OH excluding ortho intramolecular Hbond substituents is 1. The summed E-state index contributed by atoms with van der Waals surface area (Å²) in [5.74, 6) is 2.54. The second kappa shape index (κ2) is 14.5. The molecule has 4 aliphatic heterocycles. The van der Waals surface area contributed by atoms with Crippen molar-refractivity contribution in [3.8, 4) is 40.4 Å². The maximum absolute atomic E-state index is 17.5. The van der Waals surface area contributed by atoms with Crippen molar-refractivity contribution in [1.29, 1.82) is 0 Å². The number of halogens is 3. The Hall–Kier alpha value is -4.08. The lowest BCUT2D eigenvalue weighted by Gasteiger charge is -2.38. The number of aromatic nitrogens is 3. The predicted molar refractivity (Wildman–Crippen MR) is 213 cm³/mol. The van der Waals surface area contributed by atoms with Crippen LogP contribution in [0.25, 0.3) is 32.9 Å². The SMILES string of the molecule is CC(C)[Si](C#Cc1c(F)ccc2cc(O)cc(-c3nc4c5c(nc(OC[C@@]67CCCN6C[C@H](F)C7)nc5c3F)N3CCCCCC3CO4)c12)(C(C)C)C(C)C. The number of rotatable bonds is 7. The molecule has 8 nitrogen and oxygen atoms in total. The Morgan fingerprint density at radius 2 is 1.76 bits per heavy atom. The molecule has 1 N–H and O–H groups in total. The molecule has 4 aromatic rings. The molecule has 1 unspecified atom stereocenters. The molecule has 0 amide bonds. The number of ether oxygens (including phenoxy) is 2. The lowest BCUT2D eigenvalue weighted by Crippen LogP contribution is -2.43. The molecule has 12 heteroatoms. The molecule has 2 aromatic carbocycles. The number of alkyl halides is 1. The van der Waals surface area contributed by atoms with E-state index in [-0.39, 0.29) is 52.6 Å². The van der Waals surface area contributed by atoms with E-state index in [0.717, 1.165) is 45.1 Å². The first kappa shape index (κ1) is 37.8. The number of fused-ring (bicyclic) bond motifs is 4. The number of anilines is 1. The van der Waals surface area contributed by atoms with Gasteiger partial charge >= 0.3 is 6.01 Å². The maximum Gasteiger partial charge on any atom is 0.319 e. The van der Waals surface area contributed by atoms with Crippen LogP contribution in [0.3, 0.4) is 0 Å². The molecule has 0 bridgehead atoms. The van der Waals surface area contributed by atoms with Crippen LogP contribution in [0.15, 0.2) is 24.3 Å². The summed E-state index contributed by atoms with van der Waals surface area (Å²) in [5.41, 5.74) is 4.29. The normalized spacial score (nSPS) is 22.8. The van der Waals surface area contributed by atoms with Gasteiger partial charge in [0, 0.05) is 30.5 Å². The predicted octanol–water partition coefficient (Wildman–Crippen LogP) is 9.49. The Morgan fingerprint density at radius 1 is 0.982 bits per heavy atom. The van der Waals surface area contributed by atoms with Crippen LogP contribution in [0.5, 0.6) is 17.6 Å². The average molecular weight is 772 g/mol. The Bertz CT molecular complexity index is 2180. The Labute approximate surface area is 322 Å². The summed E-state index contributed by atoms with van der Waals surface area (Å²) in [6, 6.07) is 5.86. The molecule has 292 valence electrons. The highest BCUT2D eigenvalue weighted by Gasteiger charge is 2.49. The van der Waals surface area contributed by atoms with Gasteiger partial charge in [0.15, 0.2) is 5.82 Å². The smallest absolute Gasteiger partial charge is 0.319 e. The zero-order valence-electron chi connectivity index (χ0n) is 32.8. The van der Waals surface area contributed by atoms with Crippen LogP contribution >= 0.6 is 0 Å². The fourth-order valence-electron chi connectivity index (χ4n) is 10.4. The lowest BCUT2D eigenvalue weighted by atomic mass is 9.95. The first-order valence-electron chi connectivity index (χ1n) is 20.1. The maximum atomic E-state index is 17.5. The standard InChI is InChI=1S/C43H52F3N5O3Si/c1-25(2)55(26(3)4,27(5)6)18-14-32-34(45)13-12-28-19-31(52)20-33(35(28)32)38-37(46)39-36-40(51-17-9-7-8-11-30(51)23-53-41(36)47-38)49-42(48-39)54-24-43-15-10-16-50(43)22-29(44)21-43/h12-13,19-20,25-27,29-30,52H,7-11,15-17,21-24H2,1-6H3/t29-,30?,43+/m1/s1. The van der Waals surface area contributed by atoms with E-state index >= 15 is 8.78 Å². The van der Waals surface area contributed by atoms with Crippen molar-refractivity contribution in [2.75, 3.05) is 37.7 Å². The van der Waals surface area contributed by atoms with E-state index < -0.39 is 31.4 Å². The number of hydrogen-bond donors (Lipinski definition) is 1. The third kappa shape index (κ3) is 6.39. The van der Waals surface area contributed by atoms with E-state index in [4.69, 9.17) is 24.4 Å². The minimum atomic E-state index is -2.30. The monoisotopic (exact) mass is 771 g/mol. The molecular weight excluding hydrogens is 720 g/mol. The second-order valence-corrected chi connectivity index (χ2v) is 22.7. The lowest BCUT2D eigenvalue weighted by molar-refractivity contribution is 0.107. The first-order chi connectivity index (χ1) is 26.3. The van der Waals surface area contributed by atoms with Gasteiger partial charge in [-0.2, -0.15) is 9.97 Å². The molecule has 8 rings (SSSR count). The van der Waals surface area contributed by atoms with Crippen molar-refractivity contribution in [1.82, 2.24) is 19.9 Å². The van der Waals surface area contributed by atoms with Crippen molar-refractivity contribution in [2.45, 2.75) is 121 Å². The van der Waals surface area contributed by atoms with Gasteiger partial charge in [-0.3, -0.25) is 4.90 Å². The van der Waals surface area contributed by atoms with E-state index in [9.17, 15) is 9.50 Å². The van der Waals surface area contributed by atoms with Gasteiger partial charge in [-0.1, -0.05) is 66.4 Å². The summed E-state index contributed by atoms with van der Waals surface area (Å²) < 4.78 is 61.1. The van der Waals surface area contributed by atoms with Crippen LogP contribution in [0, 0.1) is 23.1 Å². The Balaban J connectivity index is 1.34. The third-order valence-electron chi connectivity index (χ3n) is 13.1. The zero-order valence-corrected chi connectivity index (χ0v) is 33.8. The van der Waals surface area contributed by atoms with Crippen LogP contribution < -0.4 is 14.4 Å². The summed E-state index contributed by atoms with van der Waals surface area (Å²) in [6.45, 7) is 15.6. The van der Waals surface area contributed by atoms with E-state index in [1.165, 1.54) is 18.2 Å². The topological polar surface area (TPSA) is 83.8 Å². The summed E-state index contributed by atoms with van der Waals surface area (Å²) in [5, 5.41) is 12.2. The highest BCUT2D eigenvalue weighted by molar-refractivity contribution is 6.90. The van der Waals surface area contributed by atoms with E-state index in [2.05, 4.69) is 62.8 Å². The molecule has 55 heavy (non-hydrogen) atoms. The molecule has 2 aromatic heterocycles. The Kier molecular flexibility index (Phi) is 9.94. The molecule has 3 atom stereocenters.